The molecule has 2 rings (SSSR count). The molecule has 0 spiro atoms. The van der Waals surface area contributed by atoms with Gasteiger partial charge in [-0.2, -0.15) is 11.8 Å². The molecule has 0 atom stereocenters. The summed E-state index contributed by atoms with van der Waals surface area (Å²) in [5, 5.41) is 15.2. The number of hydrogen-bond acceptors (Lipinski definition) is 5. The molecule has 1 fully saturated rings. The summed E-state index contributed by atoms with van der Waals surface area (Å²) in [4.78, 5) is 27.0. The van der Waals surface area contributed by atoms with Crippen LogP contribution in [0.15, 0.2) is 0 Å². The van der Waals surface area contributed by atoms with Crippen LogP contribution in [-0.4, -0.2) is 39.6 Å². The Kier molecular flexibility index (Phi) is 5.24. The molecule has 3 N–H and O–H groups in total. The van der Waals surface area contributed by atoms with Crippen LogP contribution in [0.5, 0.6) is 0 Å². The van der Waals surface area contributed by atoms with E-state index in [-0.39, 0.29) is 23.5 Å². The summed E-state index contributed by atoms with van der Waals surface area (Å²) in [7, 11) is 0. The summed E-state index contributed by atoms with van der Waals surface area (Å²) in [5.41, 5.74) is 0.490. The number of hydrogen-bond donors (Lipinski definition) is 3. The second-order valence-electron chi connectivity index (χ2n) is 4.54. The highest BCUT2D eigenvalue weighted by Crippen LogP contribution is 2.18. The predicted octanol–water partition coefficient (Wildman–Crippen LogP) is 1.84. The molecule has 2 heterocycles. The zero-order valence-electron chi connectivity index (χ0n) is 11.1. The van der Waals surface area contributed by atoms with Crippen molar-refractivity contribution >= 4 is 35.1 Å². The number of nitrogens with zero attached hydrogens (tertiary/aromatic N) is 1. The standard InChI is InChI=1S/C12H17N3O3S2/c1-7-10(11(16)17)20-9(14-7)6-13-12(18)15-8-2-4-19-5-3-8/h8H,2-6H2,1H3,(H,16,17)(H2,13,15,18). The van der Waals surface area contributed by atoms with Crippen molar-refractivity contribution in [2.45, 2.75) is 32.4 Å². The van der Waals surface area contributed by atoms with Crippen LogP contribution in [0.1, 0.15) is 33.2 Å². The van der Waals surface area contributed by atoms with Crippen LogP contribution in [0.4, 0.5) is 4.79 Å². The number of thioether (sulfide) groups is 1. The minimum Gasteiger partial charge on any atom is -0.477 e. The molecule has 8 heteroatoms. The van der Waals surface area contributed by atoms with Crippen molar-refractivity contribution in [1.29, 1.82) is 0 Å². The lowest BCUT2D eigenvalue weighted by Crippen LogP contribution is -2.43. The maximum atomic E-state index is 11.7. The van der Waals surface area contributed by atoms with Crippen LogP contribution in [0.2, 0.25) is 0 Å². The Morgan fingerprint density at radius 3 is 2.70 bits per heavy atom. The van der Waals surface area contributed by atoms with E-state index >= 15 is 0 Å². The van der Waals surface area contributed by atoms with Gasteiger partial charge >= 0.3 is 12.0 Å². The quantitative estimate of drug-likeness (QED) is 0.788. The van der Waals surface area contributed by atoms with Gasteiger partial charge in [0.1, 0.15) is 9.88 Å². The van der Waals surface area contributed by atoms with Crippen molar-refractivity contribution in [3.63, 3.8) is 0 Å². The molecule has 0 radical (unpaired) electrons. The second kappa shape index (κ2) is 6.94. The molecule has 6 nitrogen and oxygen atoms in total. The average molecular weight is 315 g/mol. The van der Waals surface area contributed by atoms with E-state index in [0.717, 1.165) is 35.7 Å². The van der Waals surface area contributed by atoms with Crippen LogP contribution in [-0.2, 0) is 6.54 Å². The summed E-state index contributed by atoms with van der Waals surface area (Å²) in [6.07, 6.45) is 2.00. The molecule has 0 bridgehead atoms. The van der Waals surface area contributed by atoms with Crippen molar-refractivity contribution in [1.82, 2.24) is 15.6 Å². The Bertz CT molecular complexity index is 498. The number of urea groups is 1. The van der Waals surface area contributed by atoms with E-state index < -0.39 is 5.97 Å². The lowest BCUT2D eigenvalue weighted by molar-refractivity contribution is 0.0701. The summed E-state index contributed by atoms with van der Waals surface area (Å²) < 4.78 is 0. The van der Waals surface area contributed by atoms with Crippen molar-refractivity contribution in [2.24, 2.45) is 0 Å². The van der Waals surface area contributed by atoms with Gasteiger partial charge < -0.3 is 15.7 Å². The number of aryl methyl sites for hydroxylation is 1. The van der Waals surface area contributed by atoms with Crippen molar-refractivity contribution < 1.29 is 14.7 Å². The third-order valence-electron chi connectivity index (χ3n) is 2.99. The first kappa shape index (κ1) is 15.1. The molecule has 1 aromatic heterocycles. The van der Waals surface area contributed by atoms with Crippen LogP contribution in [0.3, 0.4) is 0 Å². The lowest BCUT2D eigenvalue weighted by atomic mass is 10.2. The second-order valence-corrected chi connectivity index (χ2v) is 6.85. The van der Waals surface area contributed by atoms with Crippen molar-refractivity contribution in [3.8, 4) is 0 Å². The van der Waals surface area contributed by atoms with Gasteiger partial charge in [-0.15, -0.1) is 11.3 Å². The average Bonchev–Trinajstić information content (AvgIpc) is 2.79. The largest absolute Gasteiger partial charge is 0.477 e. The first-order chi connectivity index (χ1) is 9.56. The number of aromatic carboxylic acids is 1. The Labute approximate surface area is 125 Å². The van der Waals surface area contributed by atoms with Gasteiger partial charge in [-0.05, 0) is 31.3 Å². The zero-order chi connectivity index (χ0) is 14.5. The summed E-state index contributed by atoms with van der Waals surface area (Å²) >= 11 is 3.01. The van der Waals surface area contributed by atoms with Crippen molar-refractivity contribution in [2.75, 3.05) is 11.5 Å². The summed E-state index contributed by atoms with van der Waals surface area (Å²) in [6, 6.07) is 0.0236. The van der Waals surface area contributed by atoms with Crippen LogP contribution >= 0.6 is 23.1 Å². The maximum Gasteiger partial charge on any atom is 0.347 e. The number of rotatable bonds is 4. The summed E-state index contributed by atoms with van der Waals surface area (Å²) in [6.45, 7) is 1.91. The zero-order valence-corrected chi connectivity index (χ0v) is 12.8. The molecule has 0 aliphatic carbocycles. The number of thiazole rings is 1. The number of aromatic nitrogens is 1. The van der Waals surface area contributed by atoms with Gasteiger partial charge in [0.25, 0.3) is 0 Å². The highest BCUT2D eigenvalue weighted by Gasteiger charge is 2.17. The topological polar surface area (TPSA) is 91.3 Å². The minimum atomic E-state index is -0.976. The van der Waals surface area contributed by atoms with Crippen LogP contribution < -0.4 is 10.6 Å². The number of carbonyl (C=O) groups is 2. The monoisotopic (exact) mass is 315 g/mol. The van der Waals surface area contributed by atoms with Gasteiger partial charge in [0.15, 0.2) is 0 Å². The third-order valence-corrected chi connectivity index (χ3v) is 5.19. The fourth-order valence-electron chi connectivity index (χ4n) is 1.96. The van der Waals surface area contributed by atoms with Gasteiger partial charge in [-0.25, -0.2) is 14.6 Å². The fourth-order valence-corrected chi connectivity index (χ4v) is 3.91. The molecule has 1 aromatic rings. The Hall–Kier alpha value is -1.28. The predicted molar refractivity (Wildman–Crippen MR) is 79.5 cm³/mol. The molecular weight excluding hydrogens is 298 g/mol. The Morgan fingerprint density at radius 1 is 1.40 bits per heavy atom. The van der Waals surface area contributed by atoms with E-state index in [1.807, 2.05) is 11.8 Å². The first-order valence-electron chi connectivity index (χ1n) is 6.38. The fraction of sp³-hybridized carbons (Fsp3) is 0.583. The van der Waals surface area contributed by atoms with E-state index in [1.54, 1.807) is 6.92 Å². The number of carboxylic acid groups (broad SMARTS) is 1. The molecule has 110 valence electrons. The highest BCUT2D eigenvalue weighted by atomic mass is 32.2. The van der Waals surface area contributed by atoms with E-state index in [0.29, 0.717) is 10.7 Å². The minimum absolute atomic E-state index is 0.216. The molecular formula is C12H17N3O3S2. The molecule has 1 aliphatic heterocycles. The lowest BCUT2D eigenvalue weighted by Gasteiger charge is -2.22. The molecule has 2 amide bonds. The molecule has 0 aromatic carbocycles. The van der Waals surface area contributed by atoms with Gasteiger partial charge in [-0.1, -0.05) is 0 Å². The SMILES string of the molecule is Cc1nc(CNC(=O)NC2CCSCC2)sc1C(=O)O. The van der Waals surface area contributed by atoms with Gasteiger partial charge in [0, 0.05) is 6.04 Å². The van der Waals surface area contributed by atoms with Gasteiger partial charge in [-0.3, -0.25) is 0 Å². The maximum absolute atomic E-state index is 11.7. The Morgan fingerprint density at radius 2 is 2.10 bits per heavy atom. The van der Waals surface area contributed by atoms with E-state index in [4.69, 9.17) is 5.11 Å². The van der Waals surface area contributed by atoms with Crippen LogP contribution in [0, 0.1) is 6.92 Å². The Balaban J connectivity index is 1.80. The number of amides is 2. The molecule has 1 aliphatic rings. The van der Waals surface area contributed by atoms with Crippen molar-refractivity contribution in [3.05, 3.63) is 15.6 Å². The molecule has 20 heavy (non-hydrogen) atoms. The highest BCUT2D eigenvalue weighted by molar-refractivity contribution is 7.99. The first-order valence-corrected chi connectivity index (χ1v) is 8.35. The number of carboxylic acids is 1. The van der Waals surface area contributed by atoms with Crippen LogP contribution in [0.25, 0.3) is 0 Å². The van der Waals surface area contributed by atoms with Gasteiger partial charge in [0.05, 0.1) is 12.2 Å². The van der Waals surface area contributed by atoms with E-state index in [2.05, 4.69) is 15.6 Å². The molecule has 0 unspecified atom stereocenters. The number of nitrogens with one attached hydrogen (secondary N) is 2. The normalized spacial score (nSPS) is 15.8. The number of carbonyl (C=O) groups excluding carboxylic acids is 1. The molecule has 1 saturated heterocycles. The van der Waals surface area contributed by atoms with Gasteiger partial charge in [0.2, 0.25) is 0 Å². The smallest absolute Gasteiger partial charge is 0.347 e. The summed E-state index contributed by atoms with van der Waals surface area (Å²) in [5.74, 6) is 1.19. The van der Waals surface area contributed by atoms with E-state index in [9.17, 15) is 9.59 Å². The third kappa shape index (κ3) is 4.11. The van der Waals surface area contributed by atoms with E-state index in [1.165, 1.54) is 0 Å². The molecule has 0 saturated carbocycles.